The van der Waals surface area contributed by atoms with E-state index in [0.717, 1.165) is 21.1 Å². The number of hydrogen-bond acceptors (Lipinski definition) is 7. The van der Waals surface area contributed by atoms with Gasteiger partial charge in [-0.3, -0.25) is 4.79 Å². The van der Waals surface area contributed by atoms with Crippen molar-refractivity contribution < 1.29 is 22.7 Å². The van der Waals surface area contributed by atoms with Gasteiger partial charge in [-0.15, -0.1) is 0 Å². The highest BCUT2D eigenvalue weighted by Gasteiger charge is 2.46. The van der Waals surface area contributed by atoms with E-state index in [1.807, 2.05) is 56.7 Å². The van der Waals surface area contributed by atoms with E-state index in [2.05, 4.69) is 10.3 Å². The zero-order valence-corrected chi connectivity index (χ0v) is 26.8. The summed E-state index contributed by atoms with van der Waals surface area (Å²) >= 11 is 13.3. The average Bonchev–Trinajstić information content (AvgIpc) is 3.62. The number of halogens is 2. The topological polar surface area (TPSA) is 116 Å². The third kappa shape index (κ3) is 6.37. The number of nitrogens with one attached hydrogen (secondary N) is 1. The van der Waals surface area contributed by atoms with Gasteiger partial charge in [-0.25, -0.2) is 18.4 Å². The maximum atomic E-state index is 14.0. The molecule has 228 valence electrons. The van der Waals surface area contributed by atoms with Crippen LogP contribution in [0.25, 0.3) is 16.6 Å². The first kappa shape index (κ1) is 31.2. The number of likely N-dealkylation sites (N-methyl/N-ethyl adjacent to an activating group) is 1. The number of nitrogens with zero attached hydrogens (tertiary/aromatic N) is 4. The van der Waals surface area contributed by atoms with Gasteiger partial charge in [-0.05, 0) is 52.0 Å². The molecular formula is C30H33Cl2N5O5S. The standard InChI is InChI=1S/C30H33Cl2N5O5S/c1-18-13-23(36-12-11-34-17-36)20-7-6-8-25(28(20)35-18)41-16-21-22(31)9-10-26(27(21)32)43(39,40)37-15-19(42-30(2,3)4)14-24(37)29(38)33-5/h6-13,17,19,24H,14-16H2,1-5H3,(H,33,38). The summed E-state index contributed by atoms with van der Waals surface area (Å²) in [7, 11) is -2.76. The SMILES string of the molecule is CNC(=O)C1CC(OC(C)(C)C)CN1S(=O)(=O)c1ccc(Cl)c(COc2cccc3c(-n4ccnc4)cc(C)nc23)c1Cl. The number of amides is 1. The molecule has 3 heterocycles. The highest BCUT2D eigenvalue weighted by molar-refractivity contribution is 7.89. The Morgan fingerprint density at radius 2 is 1.95 bits per heavy atom. The van der Waals surface area contributed by atoms with Crippen LogP contribution in [-0.4, -0.2) is 64.5 Å². The van der Waals surface area contributed by atoms with Crippen LogP contribution in [0.4, 0.5) is 0 Å². The number of carbonyl (C=O) groups is 1. The molecule has 2 atom stereocenters. The molecule has 1 aliphatic rings. The zero-order chi connectivity index (χ0) is 31.1. The average molecular weight is 647 g/mol. The summed E-state index contributed by atoms with van der Waals surface area (Å²) in [5, 5.41) is 3.57. The van der Waals surface area contributed by atoms with Crippen LogP contribution < -0.4 is 10.1 Å². The summed E-state index contributed by atoms with van der Waals surface area (Å²) in [5.41, 5.74) is 2.06. The predicted molar refractivity (Wildman–Crippen MR) is 165 cm³/mol. The maximum Gasteiger partial charge on any atom is 0.245 e. The molecule has 1 fully saturated rings. The summed E-state index contributed by atoms with van der Waals surface area (Å²) in [6, 6.07) is 9.38. The van der Waals surface area contributed by atoms with Crippen molar-refractivity contribution in [2.75, 3.05) is 13.6 Å². The van der Waals surface area contributed by atoms with Gasteiger partial charge in [0.1, 0.15) is 28.8 Å². The molecule has 2 unspecified atom stereocenters. The van der Waals surface area contributed by atoms with Gasteiger partial charge in [0.05, 0.1) is 28.7 Å². The number of para-hydroxylation sites is 1. The number of hydrogen-bond donors (Lipinski definition) is 1. The lowest BCUT2D eigenvalue weighted by atomic mass is 10.1. The minimum Gasteiger partial charge on any atom is -0.487 e. The fourth-order valence-corrected chi connectivity index (χ4v) is 7.76. The molecule has 0 radical (unpaired) electrons. The molecule has 4 aromatic rings. The minimum absolute atomic E-state index is 0.00273. The van der Waals surface area contributed by atoms with Gasteiger partial charge in [0.25, 0.3) is 0 Å². The Morgan fingerprint density at radius 3 is 2.63 bits per heavy atom. The Morgan fingerprint density at radius 1 is 1.19 bits per heavy atom. The Balaban J connectivity index is 1.47. The molecule has 5 rings (SSSR count). The third-order valence-corrected chi connectivity index (χ3v) is 9.90. The Labute approximate surface area is 261 Å². The number of sulfonamides is 1. The molecule has 1 N–H and O–H groups in total. The first-order chi connectivity index (χ1) is 20.3. The normalized spacial score (nSPS) is 17.8. The van der Waals surface area contributed by atoms with Gasteiger partial charge >= 0.3 is 0 Å². The molecule has 0 saturated carbocycles. The van der Waals surface area contributed by atoms with E-state index in [-0.39, 0.29) is 34.5 Å². The van der Waals surface area contributed by atoms with E-state index >= 15 is 0 Å². The van der Waals surface area contributed by atoms with Gasteiger partial charge in [0.15, 0.2) is 0 Å². The first-order valence-corrected chi connectivity index (χ1v) is 15.9. The molecule has 1 saturated heterocycles. The highest BCUT2D eigenvalue weighted by Crippen LogP contribution is 2.38. The van der Waals surface area contributed by atoms with Crippen LogP contribution in [0.1, 0.15) is 38.4 Å². The maximum absolute atomic E-state index is 14.0. The van der Waals surface area contributed by atoms with E-state index in [1.54, 1.807) is 18.6 Å². The number of pyridine rings is 1. The van der Waals surface area contributed by atoms with Crippen LogP contribution in [0.2, 0.25) is 10.0 Å². The molecule has 43 heavy (non-hydrogen) atoms. The van der Waals surface area contributed by atoms with Crippen LogP contribution >= 0.6 is 23.2 Å². The lowest BCUT2D eigenvalue weighted by molar-refractivity contribution is -0.124. The van der Waals surface area contributed by atoms with Crippen molar-refractivity contribution in [3.63, 3.8) is 0 Å². The summed E-state index contributed by atoms with van der Waals surface area (Å²) in [5.74, 6) is 0.0513. The second-order valence-corrected chi connectivity index (χ2v) is 14.0. The summed E-state index contributed by atoms with van der Waals surface area (Å²) in [4.78, 5) is 21.4. The Kier molecular flexibility index (Phi) is 8.75. The number of fused-ring (bicyclic) bond motifs is 1. The predicted octanol–water partition coefficient (Wildman–Crippen LogP) is 5.31. The molecule has 0 spiro atoms. The number of benzene rings is 2. The van der Waals surface area contributed by atoms with Crippen molar-refractivity contribution in [1.29, 1.82) is 0 Å². The van der Waals surface area contributed by atoms with E-state index in [0.29, 0.717) is 16.8 Å². The Bertz CT molecular complexity index is 1770. The second-order valence-electron chi connectivity index (χ2n) is 11.3. The van der Waals surface area contributed by atoms with Gasteiger partial charge in [0.2, 0.25) is 15.9 Å². The molecule has 0 bridgehead atoms. The van der Waals surface area contributed by atoms with Crippen LogP contribution in [0.15, 0.2) is 60.0 Å². The van der Waals surface area contributed by atoms with Crippen molar-refractivity contribution in [2.24, 2.45) is 0 Å². The molecular weight excluding hydrogens is 613 g/mol. The Hall–Kier alpha value is -3.22. The van der Waals surface area contributed by atoms with Crippen molar-refractivity contribution in [1.82, 2.24) is 24.2 Å². The van der Waals surface area contributed by atoms with E-state index in [1.165, 1.54) is 19.2 Å². The number of ether oxygens (including phenoxy) is 2. The van der Waals surface area contributed by atoms with E-state index < -0.39 is 33.7 Å². The molecule has 1 amide bonds. The third-order valence-electron chi connectivity index (χ3n) is 7.09. The van der Waals surface area contributed by atoms with Crippen molar-refractivity contribution in [2.45, 2.75) is 63.4 Å². The smallest absolute Gasteiger partial charge is 0.245 e. The zero-order valence-electron chi connectivity index (χ0n) is 24.5. The number of carbonyl (C=O) groups excluding carboxylic acids is 1. The van der Waals surface area contributed by atoms with Crippen molar-refractivity contribution >= 4 is 50.0 Å². The molecule has 13 heteroatoms. The number of rotatable bonds is 8. The van der Waals surface area contributed by atoms with Crippen molar-refractivity contribution in [3.05, 3.63) is 76.4 Å². The quantitative estimate of drug-likeness (QED) is 0.276. The molecule has 2 aromatic heterocycles. The largest absolute Gasteiger partial charge is 0.487 e. The number of aryl methyl sites for hydroxylation is 1. The molecule has 1 aliphatic heterocycles. The van der Waals surface area contributed by atoms with Gasteiger partial charge < -0.3 is 19.4 Å². The van der Waals surface area contributed by atoms with Gasteiger partial charge in [-0.1, -0.05) is 35.3 Å². The lowest BCUT2D eigenvalue weighted by Crippen LogP contribution is -2.45. The fraction of sp³-hybridized carbons (Fsp3) is 0.367. The van der Waals surface area contributed by atoms with Crippen LogP contribution in [0.3, 0.4) is 0 Å². The molecule has 0 aliphatic carbocycles. The minimum atomic E-state index is -4.23. The van der Waals surface area contributed by atoms with Crippen molar-refractivity contribution in [3.8, 4) is 11.4 Å². The second kappa shape index (κ2) is 12.0. The first-order valence-electron chi connectivity index (χ1n) is 13.7. The van der Waals surface area contributed by atoms with E-state index in [4.69, 9.17) is 37.7 Å². The van der Waals surface area contributed by atoms with Crippen LogP contribution in [0, 0.1) is 6.92 Å². The van der Waals surface area contributed by atoms with E-state index in [9.17, 15) is 13.2 Å². The fourth-order valence-electron chi connectivity index (χ4n) is 5.27. The van der Waals surface area contributed by atoms with Crippen LogP contribution in [-0.2, 0) is 26.2 Å². The monoisotopic (exact) mass is 645 g/mol. The molecule has 10 nitrogen and oxygen atoms in total. The summed E-state index contributed by atoms with van der Waals surface area (Å²) in [6.07, 6.45) is 5.00. The number of aromatic nitrogens is 3. The van der Waals surface area contributed by atoms with Gasteiger partial charge in [-0.2, -0.15) is 4.31 Å². The number of imidazole rings is 1. The lowest BCUT2D eigenvalue weighted by Gasteiger charge is -2.25. The highest BCUT2D eigenvalue weighted by atomic mass is 35.5. The van der Waals surface area contributed by atoms with Crippen LogP contribution in [0.5, 0.6) is 5.75 Å². The van der Waals surface area contributed by atoms with Gasteiger partial charge in [0, 0.05) is 54.1 Å². The summed E-state index contributed by atoms with van der Waals surface area (Å²) in [6.45, 7) is 7.42. The molecule has 2 aromatic carbocycles. The summed E-state index contributed by atoms with van der Waals surface area (Å²) < 4.78 is 43.3.